The Morgan fingerprint density at radius 1 is 0.885 bits per heavy atom. The van der Waals surface area contributed by atoms with Crippen LogP contribution in [0.1, 0.15) is 16.8 Å². The van der Waals surface area contributed by atoms with Gasteiger partial charge < -0.3 is 14.3 Å². The van der Waals surface area contributed by atoms with Gasteiger partial charge in [-0.3, -0.25) is 4.79 Å². The molecule has 0 saturated carbocycles. The molecule has 0 unspecified atom stereocenters. The summed E-state index contributed by atoms with van der Waals surface area (Å²) < 4.78 is 5.41. The molecule has 0 radical (unpaired) electrons. The molecule has 6 nitrogen and oxygen atoms in total. The fourth-order valence-corrected chi connectivity index (χ4v) is 3.13. The summed E-state index contributed by atoms with van der Waals surface area (Å²) in [7, 11) is 0. The highest BCUT2D eigenvalue weighted by molar-refractivity contribution is 5.94. The van der Waals surface area contributed by atoms with Crippen molar-refractivity contribution in [3.8, 4) is 11.5 Å². The first-order chi connectivity index (χ1) is 12.8. The van der Waals surface area contributed by atoms with E-state index in [1.165, 1.54) is 0 Å². The van der Waals surface area contributed by atoms with Crippen LogP contribution in [0, 0.1) is 0 Å². The van der Waals surface area contributed by atoms with E-state index in [-0.39, 0.29) is 5.91 Å². The summed E-state index contributed by atoms with van der Waals surface area (Å²) in [6, 6.07) is 19.1. The predicted octanol–water partition coefficient (Wildman–Crippen LogP) is 3.09. The summed E-state index contributed by atoms with van der Waals surface area (Å²) in [6.07, 6.45) is 0.869. The third-order valence-corrected chi connectivity index (χ3v) is 4.52. The van der Waals surface area contributed by atoms with Crippen LogP contribution >= 0.6 is 0 Å². The molecule has 2 aromatic carbocycles. The van der Waals surface area contributed by atoms with Gasteiger partial charge in [0, 0.05) is 37.3 Å². The average molecular weight is 348 g/mol. The van der Waals surface area contributed by atoms with Gasteiger partial charge in [0.05, 0.1) is 0 Å². The highest BCUT2D eigenvalue weighted by Crippen LogP contribution is 2.21. The van der Waals surface area contributed by atoms with Crippen LogP contribution in [0.4, 0.5) is 5.95 Å². The van der Waals surface area contributed by atoms with Crippen molar-refractivity contribution in [2.24, 2.45) is 0 Å². The first kappa shape index (κ1) is 16.3. The average Bonchev–Trinajstić information content (AvgIpc) is 3.07. The number of carbonyl (C=O) groups is 1. The topological polar surface area (TPSA) is 62.5 Å². The van der Waals surface area contributed by atoms with Crippen molar-refractivity contribution in [1.82, 2.24) is 15.0 Å². The molecule has 4 rings (SSSR count). The van der Waals surface area contributed by atoms with E-state index < -0.39 is 0 Å². The van der Waals surface area contributed by atoms with Gasteiger partial charge in [-0.1, -0.05) is 36.4 Å². The van der Waals surface area contributed by atoms with E-state index in [1.807, 2.05) is 65.6 Å². The molecular weight excluding hydrogens is 328 g/mol. The van der Waals surface area contributed by atoms with E-state index in [0.29, 0.717) is 24.9 Å². The SMILES string of the molecule is O=C(c1ccccc1)N1CCCN(c2noc(-c3ccccc3)n2)CC1. The van der Waals surface area contributed by atoms with Crippen LogP contribution in [0.3, 0.4) is 0 Å². The van der Waals surface area contributed by atoms with Crippen LogP contribution in [-0.4, -0.2) is 47.1 Å². The molecule has 6 heteroatoms. The van der Waals surface area contributed by atoms with Crippen LogP contribution in [0.25, 0.3) is 11.5 Å². The molecule has 1 amide bonds. The lowest BCUT2D eigenvalue weighted by Gasteiger charge is -2.21. The predicted molar refractivity (Wildman–Crippen MR) is 98.9 cm³/mol. The van der Waals surface area contributed by atoms with E-state index >= 15 is 0 Å². The number of hydrogen-bond acceptors (Lipinski definition) is 5. The van der Waals surface area contributed by atoms with Gasteiger partial charge in [-0.2, -0.15) is 4.98 Å². The van der Waals surface area contributed by atoms with E-state index in [4.69, 9.17) is 4.52 Å². The van der Waals surface area contributed by atoms with Crippen LogP contribution < -0.4 is 4.90 Å². The quantitative estimate of drug-likeness (QED) is 0.728. The second-order valence-corrected chi connectivity index (χ2v) is 6.26. The van der Waals surface area contributed by atoms with Gasteiger partial charge >= 0.3 is 0 Å². The summed E-state index contributed by atoms with van der Waals surface area (Å²) in [6.45, 7) is 2.86. The van der Waals surface area contributed by atoms with Gasteiger partial charge in [-0.25, -0.2) is 0 Å². The lowest BCUT2D eigenvalue weighted by Crippen LogP contribution is -2.35. The first-order valence-corrected chi connectivity index (χ1v) is 8.80. The second kappa shape index (κ2) is 7.39. The molecule has 1 aliphatic rings. The minimum absolute atomic E-state index is 0.0746. The van der Waals surface area contributed by atoms with Crippen molar-refractivity contribution in [3.63, 3.8) is 0 Å². The zero-order chi connectivity index (χ0) is 17.8. The standard InChI is InChI=1S/C20H20N4O2/c25-19(17-10-5-2-6-11-17)23-12-7-13-24(15-14-23)20-21-18(26-22-20)16-8-3-1-4-9-16/h1-6,8-11H,7,12-15H2. The zero-order valence-corrected chi connectivity index (χ0v) is 14.4. The molecule has 0 N–H and O–H groups in total. The van der Waals surface area contributed by atoms with Gasteiger partial charge in [0.15, 0.2) is 0 Å². The monoisotopic (exact) mass is 348 g/mol. The van der Waals surface area contributed by atoms with Crippen molar-refractivity contribution >= 4 is 11.9 Å². The van der Waals surface area contributed by atoms with E-state index in [9.17, 15) is 4.79 Å². The van der Waals surface area contributed by atoms with Crippen LogP contribution in [-0.2, 0) is 0 Å². The number of aromatic nitrogens is 2. The van der Waals surface area contributed by atoms with Gasteiger partial charge in [0.1, 0.15) is 0 Å². The second-order valence-electron chi connectivity index (χ2n) is 6.26. The Bertz CT molecular complexity index is 864. The summed E-state index contributed by atoms with van der Waals surface area (Å²) >= 11 is 0. The minimum atomic E-state index is 0.0746. The highest BCUT2D eigenvalue weighted by Gasteiger charge is 2.22. The van der Waals surface area contributed by atoms with Gasteiger partial charge in [-0.15, -0.1) is 0 Å². The van der Waals surface area contributed by atoms with Crippen molar-refractivity contribution in [2.45, 2.75) is 6.42 Å². The molecule has 26 heavy (non-hydrogen) atoms. The smallest absolute Gasteiger partial charge is 0.266 e. The van der Waals surface area contributed by atoms with E-state index in [1.54, 1.807) is 0 Å². The van der Waals surface area contributed by atoms with Crippen LogP contribution in [0.2, 0.25) is 0 Å². The maximum absolute atomic E-state index is 12.6. The summed E-state index contributed by atoms with van der Waals surface area (Å²) in [4.78, 5) is 21.1. The first-order valence-electron chi connectivity index (χ1n) is 8.80. The number of nitrogens with zero attached hydrogens (tertiary/aromatic N) is 4. The minimum Gasteiger partial charge on any atom is -0.337 e. The lowest BCUT2D eigenvalue weighted by atomic mass is 10.2. The maximum Gasteiger partial charge on any atom is 0.266 e. The molecule has 1 fully saturated rings. The molecule has 0 bridgehead atoms. The fraction of sp³-hybridized carbons (Fsp3) is 0.250. The van der Waals surface area contributed by atoms with Crippen molar-refractivity contribution in [2.75, 3.05) is 31.1 Å². The Kier molecular flexibility index (Phi) is 4.64. The highest BCUT2D eigenvalue weighted by atomic mass is 16.5. The fourth-order valence-electron chi connectivity index (χ4n) is 3.13. The van der Waals surface area contributed by atoms with Crippen molar-refractivity contribution in [1.29, 1.82) is 0 Å². The molecule has 0 atom stereocenters. The number of carbonyl (C=O) groups excluding carboxylic acids is 1. The van der Waals surface area contributed by atoms with Gasteiger partial charge in [-0.05, 0) is 35.8 Å². The van der Waals surface area contributed by atoms with Gasteiger partial charge in [0.2, 0.25) is 0 Å². The van der Waals surface area contributed by atoms with Crippen LogP contribution in [0.5, 0.6) is 0 Å². The largest absolute Gasteiger partial charge is 0.337 e. The Morgan fingerprint density at radius 3 is 2.38 bits per heavy atom. The number of hydrogen-bond donors (Lipinski definition) is 0. The lowest BCUT2D eigenvalue weighted by molar-refractivity contribution is 0.0767. The van der Waals surface area contributed by atoms with Crippen molar-refractivity contribution in [3.05, 3.63) is 66.2 Å². The number of amides is 1. The summed E-state index contributed by atoms with van der Waals surface area (Å²) in [5, 5.41) is 4.12. The van der Waals surface area contributed by atoms with E-state index in [2.05, 4.69) is 15.0 Å². The normalized spacial score (nSPS) is 14.9. The molecule has 3 aromatic rings. The van der Waals surface area contributed by atoms with Gasteiger partial charge in [0.25, 0.3) is 17.7 Å². The van der Waals surface area contributed by atoms with E-state index in [0.717, 1.165) is 30.6 Å². The Morgan fingerprint density at radius 2 is 1.62 bits per heavy atom. The molecule has 0 spiro atoms. The maximum atomic E-state index is 12.6. The molecule has 132 valence electrons. The summed E-state index contributed by atoms with van der Waals surface area (Å²) in [5.74, 6) is 1.17. The molecule has 0 aliphatic carbocycles. The molecule has 1 aliphatic heterocycles. The number of anilines is 1. The third kappa shape index (κ3) is 3.44. The zero-order valence-electron chi connectivity index (χ0n) is 14.4. The molecule has 1 aromatic heterocycles. The number of rotatable bonds is 3. The molecule has 2 heterocycles. The number of benzene rings is 2. The molecule has 1 saturated heterocycles. The Hall–Kier alpha value is -3.15. The Labute approximate surface area is 152 Å². The Balaban J connectivity index is 1.44. The third-order valence-electron chi connectivity index (χ3n) is 4.52. The van der Waals surface area contributed by atoms with Crippen molar-refractivity contribution < 1.29 is 9.32 Å². The van der Waals surface area contributed by atoms with Crippen LogP contribution in [0.15, 0.2) is 65.2 Å². The summed E-state index contributed by atoms with van der Waals surface area (Å²) in [5.41, 5.74) is 1.63. The molecular formula is C20H20N4O2.